The normalized spacial score (nSPS) is 12.0. The van der Waals surface area contributed by atoms with Gasteiger partial charge in [-0.15, -0.1) is 0 Å². The highest BCUT2D eigenvalue weighted by molar-refractivity contribution is 5.04. The molecule has 1 aromatic rings. The second-order valence-corrected chi connectivity index (χ2v) is 4.96. The van der Waals surface area contributed by atoms with E-state index < -0.39 is 0 Å². The first-order valence-electron chi connectivity index (χ1n) is 5.23. The molecule has 0 aliphatic carbocycles. The van der Waals surface area contributed by atoms with E-state index in [9.17, 15) is 0 Å². The van der Waals surface area contributed by atoms with Crippen molar-refractivity contribution in [2.75, 3.05) is 6.54 Å². The molecule has 0 bridgehead atoms. The molecule has 2 N–H and O–H groups in total. The molecule has 0 unspecified atom stereocenters. The monoisotopic (exact) mass is 195 g/mol. The Kier molecular flexibility index (Phi) is 3.69. The van der Waals surface area contributed by atoms with Crippen molar-refractivity contribution < 1.29 is 0 Å². The minimum atomic E-state index is 0.375. The van der Waals surface area contributed by atoms with Crippen LogP contribution in [0.3, 0.4) is 0 Å². The molecular formula is C11H21N3. The molecule has 3 heteroatoms. The first-order valence-corrected chi connectivity index (χ1v) is 5.23. The van der Waals surface area contributed by atoms with E-state index in [0.29, 0.717) is 12.0 Å². The van der Waals surface area contributed by atoms with Gasteiger partial charge in [-0.2, -0.15) is 5.10 Å². The van der Waals surface area contributed by atoms with Crippen LogP contribution in [0.25, 0.3) is 0 Å². The molecule has 0 aliphatic heterocycles. The van der Waals surface area contributed by atoms with E-state index in [1.807, 2.05) is 10.9 Å². The fraction of sp³-hybridized carbons (Fsp3) is 0.727. The Balaban J connectivity index is 2.44. The largest absolute Gasteiger partial charge is 0.330 e. The van der Waals surface area contributed by atoms with Gasteiger partial charge in [-0.05, 0) is 30.4 Å². The highest BCUT2D eigenvalue weighted by Crippen LogP contribution is 2.19. The molecule has 1 heterocycles. The van der Waals surface area contributed by atoms with Gasteiger partial charge in [-0.1, -0.05) is 20.8 Å². The van der Waals surface area contributed by atoms with E-state index in [2.05, 4.69) is 32.1 Å². The Morgan fingerprint density at radius 1 is 1.43 bits per heavy atom. The van der Waals surface area contributed by atoms with Gasteiger partial charge in [-0.25, -0.2) is 0 Å². The lowest BCUT2D eigenvalue weighted by molar-refractivity contribution is 0.341. The summed E-state index contributed by atoms with van der Waals surface area (Å²) in [5.74, 6) is 0. The van der Waals surface area contributed by atoms with Crippen LogP contribution in [-0.2, 0) is 13.0 Å². The standard InChI is InChI=1S/C11H21N3/c1-11(2,3)5-7-14-9-10(4-6-12)8-13-14/h8-9H,4-7,12H2,1-3H3. The van der Waals surface area contributed by atoms with Crippen LogP contribution >= 0.6 is 0 Å². The summed E-state index contributed by atoms with van der Waals surface area (Å²) in [5, 5.41) is 4.30. The zero-order valence-electron chi connectivity index (χ0n) is 9.45. The minimum Gasteiger partial charge on any atom is -0.330 e. The third-order valence-corrected chi connectivity index (χ3v) is 2.21. The van der Waals surface area contributed by atoms with Crippen LogP contribution in [0.5, 0.6) is 0 Å². The van der Waals surface area contributed by atoms with E-state index >= 15 is 0 Å². The topological polar surface area (TPSA) is 43.8 Å². The molecule has 0 amide bonds. The minimum absolute atomic E-state index is 0.375. The summed E-state index contributed by atoms with van der Waals surface area (Å²) in [6, 6.07) is 0. The number of hydrogen-bond donors (Lipinski definition) is 1. The van der Waals surface area contributed by atoms with Crippen molar-refractivity contribution in [2.24, 2.45) is 11.1 Å². The van der Waals surface area contributed by atoms with Crippen LogP contribution in [0.15, 0.2) is 12.4 Å². The predicted octanol–water partition coefficient (Wildman–Crippen LogP) is 1.82. The first-order chi connectivity index (χ1) is 6.51. The summed E-state index contributed by atoms with van der Waals surface area (Å²) in [5.41, 5.74) is 7.09. The van der Waals surface area contributed by atoms with E-state index in [1.54, 1.807) is 0 Å². The molecule has 1 aromatic heterocycles. The molecule has 1 rings (SSSR count). The number of aryl methyl sites for hydroxylation is 1. The van der Waals surface area contributed by atoms with Crippen molar-refractivity contribution in [3.05, 3.63) is 18.0 Å². The van der Waals surface area contributed by atoms with Gasteiger partial charge in [0.25, 0.3) is 0 Å². The lowest BCUT2D eigenvalue weighted by Crippen LogP contribution is -2.10. The van der Waals surface area contributed by atoms with Gasteiger partial charge in [0, 0.05) is 12.7 Å². The number of aromatic nitrogens is 2. The lowest BCUT2D eigenvalue weighted by Gasteiger charge is -2.17. The molecule has 14 heavy (non-hydrogen) atoms. The number of rotatable bonds is 4. The third-order valence-electron chi connectivity index (χ3n) is 2.21. The maximum absolute atomic E-state index is 5.48. The van der Waals surface area contributed by atoms with Crippen LogP contribution < -0.4 is 5.73 Å². The first kappa shape index (κ1) is 11.2. The predicted molar refractivity (Wildman–Crippen MR) is 59.1 cm³/mol. The Morgan fingerprint density at radius 3 is 2.71 bits per heavy atom. The van der Waals surface area contributed by atoms with Gasteiger partial charge < -0.3 is 5.73 Å². The molecule has 3 nitrogen and oxygen atoms in total. The van der Waals surface area contributed by atoms with Gasteiger partial charge in [0.1, 0.15) is 0 Å². The fourth-order valence-electron chi connectivity index (χ4n) is 1.27. The van der Waals surface area contributed by atoms with Gasteiger partial charge >= 0.3 is 0 Å². The van der Waals surface area contributed by atoms with Crippen molar-refractivity contribution in [3.63, 3.8) is 0 Å². The summed E-state index contributed by atoms with van der Waals surface area (Å²) in [6.45, 7) is 8.44. The quantitative estimate of drug-likeness (QED) is 0.796. The van der Waals surface area contributed by atoms with Crippen LogP contribution in [0.1, 0.15) is 32.8 Å². The van der Waals surface area contributed by atoms with Gasteiger partial charge in [-0.3, -0.25) is 4.68 Å². The summed E-state index contributed by atoms with van der Waals surface area (Å²) in [4.78, 5) is 0. The van der Waals surface area contributed by atoms with E-state index in [0.717, 1.165) is 19.4 Å². The molecule has 80 valence electrons. The lowest BCUT2D eigenvalue weighted by atomic mass is 9.92. The molecule has 0 aliphatic rings. The van der Waals surface area contributed by atoms with Crippen molar-refractivity contribution in [3.8, 4) is 0 Å². The molecule has 0 spiro atoms. The van der Waals surface area contributed by atoms with Crippen LogP contribution in [0.4, 0.5) is 0 Å². The van der Waals surface area contributed by atoms with Crippen LogP contribution in [-0.4, -0.2) is 16.3 Å². The third kappa shape index (κ3) is 3.92. The highest BCUT2D eigenvalue weighted by Gasteiger charge is 2.10. The van der Waals surface area contributed by atoms with Gasteiger partial charge in [0.15, 0.2) is 0 Å². The molecule has 0 saturated heterocycles. The maximum atomic E-state index is 5.48. The summed E-state index contributed by atoms with van der Waals surface area (Å²) in [7, 11) is 0. The maximum Gasteiger partial charge on any atom is 0.0522 e. The summed E-state index contributed by atoms with van der Waals surface area (Å²) < 4.78 is 2.01. The van der Waals surface area contributed by atoms with Gasteiger partial charge in [0.05, 0.1) is 6.20 Å². The number of nitrogens with zero attached hydrogens (tertiary/aromatic N) is 2. The molecular weight excluding hydrogens is 174 g/mol. The second kappa shape index (κ2) is 4.60. The van der Waals surface area contributed by atoms with Crippen molar-refractivity contribution in [1.82, 2.24) is 9.78 Å². The van der Waals surface area contributed by atoms with E-state index in [-0.39, 0.29) is 0 Å². The summed E-state index contributed by atoms with van der Waals surface area (Å²) >= 11 is 0. The van der Waals surface area contributed by atoms with Crippen LogP contribution in [0, 0.1) is 5.41 Å². The Hall–Kier alpha value is -0.830. The second-order valence-electron chi connectivity index (χ2n) is 4.96. The Morgan fingerprint density at radius 2 is 2.14 bits per heavy atom. The van der Waals surface area contributed by atoms with Crippen molar-refractivity contribution in [1.29, 1.82) is 0 Å². The van der Waals surface area contributed by atoms with Crippen molar-refractivity contribution in [2.45, 2.75) is 40.2 Å². The molecule has 0 saturated carbocycles. The Labute approximate surface area is 86.3 Å². The molecule has 0 fully saturated rings. The van der Waals surface area contributed by atoms with E-state index in [4.69, 9.17) is 5.73 Å². The highest BCUT2D eigenvalue weighted by atomic mass is 15.3. The SMILES string of the molecule is CC(C)(C)CCn1cc(CCN)cn1. The summed E-state index contributed by atoms with van der Waals surface area (Å²) in [6.07, 6.45) is 6.08. The van der Waals surface area contributed by atoms with Crippen LogP contribution in [0.2, 0.25) is 0 Å². The fourth-order valence-corrected chi connectivity index (χ4v) is 1.27. The smallest absolute Gasteiger partial charge is 0.0522 e. The molecule has 0 aromatic carbocycles. The van der Waals surface area contributed by atoms with E-state index in [1.165, 1.54) is 5.56 Å². The van der Waals surface area contributed by atoms with Gasteiger partial charge in [0.2, 0.25) is 0 Å². The Bertz CT molecular complexity index is 270. The number of hydrogen-bond acceptors (Lipinski definition) is 2. The van der Waals surface area contributed by atoms with Crippen molar-refractivity contribution >= 4 is 0 Å². The average molecular weight is 195 g/mol. The molecule has 0 atom stereocenters. The number of nitrogens with two attached hydrogens (primary N) is 1. The average Bonchev–Trinajstić information content (AvgIpc) is 2.49. The molecule has 0 radical (unpaired) electrons. The zero-order chi connectivity index (χ0) is 10.6. The zero-order valence-corrected chi connectivity index (χ0v) is 9.45.